The SMILES string of the molecule is O=C1NC(=Nc2ccc(Cl)cc2)SC1=C1C(=O)N(Cc2ccccc2Cl)c2ccccc21. The molecular weight excluding hydrogens is 465 g/mol. The highest BCUT2D eigenvalue weighted by atomic mass is 35.5. The first-order chi connectivity index (χ1) is 15.5. The Hall–Kier alpha value is -3.06. The van der Waals surface area contributed by atoms with E-state index in [-0.39, 0.29) is 11.8 Å². The van der Waals surface area contributed by atoms with Crippen molar-refractivity contribution in [1.29, 1.82) is 0 Å². The molecule has 0 atom stereocenters. The van der Waals surface area contributed by atoms with E-state index < -0.39 is 0 Å². The van der Waals surface area contributed by atoms with Crippen molar-refractivity contribution in [2.45, 2.75) is 6.54 Å². The number of aliphatic imine (C=N–C) groups is 1. The van der Waals surface area contributed by atoms with Gasteiger partial charge in [-0.25, -0.2) is 4.99 Å². The predicted octanol–water partition coefficient (Wildman–Crippen LogP) is 5.80. The molecule has 3 aromatic carbocycles. The number of benzene rings is 3. The number of anilines is 1. The van der Waals surface area contributed by atoms with Crippen LogP contribution in [0.3, 0.4) is 0 Å². The van der Waals surface area contributed by atoms with E-state index in [0.29, 0.717) is 37.9 Å². The molecule has 2 heterocycles. The van der Waals surface area contributed by atoms with E-state index in [1.165, 1.54) is 0 Å². The quantitative estimate of drug-likeness (QED) is 0.482. The van der Waals surface area contributed by atoms with Crippen molar-refractivity contribution >= 4 is 68.9 Å². The number of amides is 2. The minimum atomic E-state index is -0.347. The van der Waals surface area contributed by atoms with Crippen molar-refractivity contribution in [3.8, 4) is 0 Å². The Morgan fingerprint density at radius 1 is 0.906 bits per heavy atom. The number of para-hydroxylation sites is 1. The number of hydrogen-bond donors (Lipinski definition) is 1. The fraction of sp³-hybridized carbons (Fsp3) is 0.0417. The predicted molar refractivity (Wildman–Crippen MR) is 130 cm³/mol. The molecule has 3 aromatic rings. The molecule has 0 bridgehead atoms. The zero-order chi connectivity index (χ0) is 22.2. The molecule has 0 saturated carbocycles. The van der Waals surface area contributed by atoms with Gasteiger partial charge in [0, 0.05) is 15.6 Å². The van der Waals surface area contributed by atoms with Crippen molar-refractivity contribution in [3.63, 3.8) is 0 Å². The smallest absolute Gasteiger partial charge is 0.264 e. The van der Waals surface area contributed by atoms with Crippen LogP contribution in [-0.4, -0.2) is 17.0 Å². The molecule has 0 aliphatic carbocycles. The molecule has 5 nitrogen and oxygen atoms in total. The number of rotatable bonds is 3. The number of thioether (sulfide) groups is 1. The summed E-state index contributed by atoms with van der Waals surface area (Å²) in [5.41, 5.74) is 3.32. The fourth-order valence-electron chi connectivity index (χ4n) is 3.62. The summed E-state index contributed by atoms with van der Waals surface area (Å²) in [7, 11) is 0. The highest BCUT2D eigenvalue weighted by Gasteiger charge is 2.39. The molecule has 1 N–H and O–H groups in total. The molecule has 0 spiro atoms. The van der Waals surface area contributed by atoms with E-state index >= 15 is 0 Å². The van der Waals surface area contributed by atoms with Crippen LogP contribution in [0.5, 0.6) is 0 Å². The lowest BCUT2D eigenvalue weighted by molar-refractivity contribution is -0.116. The van der Waals surface area contributed by atoms with Crippen LogP contribution in [0, 0.1) is 0 Å². The standard InChI is InChI=1S/C24H15Cl2N3O2S/c25-15-9-11-16(12-10-15)27-24-28-22(30)21(32-24)20-17-6-2-4-8-19(17)29(23(20)31)13-14-5-1-3-7-18(14)26/h1-12H,13H2,(H,27,28,30). The van der Waals surface area contributed by atoms with Gasteiger partial charge in [0.1, 0.15) is 0 Å². The minimum absolute atomic E-state index is 0.239. The lowest BCUT2D eigenvalue weighted by Gasteiger charge is -2.18. The molecule has 2 aliphatic heterocycles. The van der Waals surface area contributed by atoms with Gasteiger partial charge < -0.3 is 10.2 Å². The average molecular weight is 480 g/mol. The van der Waals surface area contributed by atoms with E-state index in [2.05, 4.69) is 10.3 Å². The third kappa shape index (κ3) is 3.81. The molecule has 5 rings (SSSR count). The zero-order valence-corrected chi connectivity index (χ0v) is 18.8. The second kappa shape index (κ2) is 8.47. The highest BCUT2D eigenvalue weighted by Crippen LogP contribution is 2.43. The molecule has 1 saturated heterocycles. The molecule has 0 radical (unpaired) electrons. The van der Waals surface area contributed by atoms with Gasteiger partial charge in [0.05, 0.1) is 28.4 Å². The van der Waals surface area contributed by atoms with Gasteiger partial charge in [-0.3, -0.25) is 9.59 Å². The Labute approximate surface area is 198 Å². The Morgan fingerprint density at radius 2 is 1.62 bits per heavy atom. The van der Waals surface area contributed by atoms with Crippen molar-refractivity contribution < 1.29 is 9.59 Å². The number of amidine groups is 1. The molecule has 0 aromatic heterocycles. The van der Waals surface area contributed by atoms with Gasteiger partial charge in [-0.05, 0) is 53.7 Å². The van der Waals surface area contributed by atoms with Gasteiger partial charge in [-0.1, -0.05) is 59.6 Å². The molecule has 32 heavy (non-hydrogen) atoms. The Bertz CT molecular complexity index is 1320. The first kappa shape index (κ1) is 20.8. The van der Waals surface area contributed by atoms with Gasteiger partial charge >= 0.3 is 0 Å². The van der Waals surface area contributed by atoms with Crippen molar-refractivity contribution in [3.05, 3.63) is 98.9 Å². The first-order valence-electron chi connectivity index (χ1n) is 9.73. The van der Waals surface area contributed by atoms with Gasteiger partial charge in [-0.2, -0.15) is 0 Å². The molecule has 0 unspecified atom stereocenters. The van der Waals surface area contributed by atoms with E-state index in [1.54, 1.807) is 35.2 Å². The van der Waals surface area contributed by atoms with E-state index in [4.69, 9.17) is 23.2 Å². The van der Waals surface area contributed by atoms with Gasteiger partial charge in [0.2, 0.25) is 0 Å². The lowest BCUT2D eigenvalue weighted by Crippen LogP contribution is -2.27. The highest BCUT2D eigenvalue weighted by molar-refractivity contribution is 8.18. The molecule has 2 amide bonds. The maximum Gasteiger partial charge on any atom is 0.264 e. The molecule has 8 heteroatoms. The number of fused-ring (bicyclic) bond motifs is 1. The number of hydrogen-bond acceptors (Lipinski definition) is 4. The van der Waals surface area contributed by atoms with Crippen LogP contribution in [0.2, 0.25) is 10.0 Å². The van der Waals surface area contributed by atoms with Crippen LogP contribution >= 0.6 is 35.0 Å². The topological polar surface area (TPSA) is 61.8 Å². The summed E-state index contributed by atoms with van der Waals surface area (Å²) in [6, 6.07) is 21.8. The van der Waals surface area contributed by atoms with Crippen LogP contribution in [0.15, 0.2) is 82.7 Å². The van der Waals surface area contributed by atoms with Crippen LogP contribution in [-0.2, 0) is 16.1 Å². The summed E-state index contributed by atoms with van der Waals surface area (Å²) >= 11 is 13.4. The monoisotopic (exact) mass is 479 g/mol. The van der Waals surface area contributed by atoms with Crippen molar-refractivity contribution in [1.82, 2.24) is 5.32 Å². The third-order valence-electron chi connectivity index (χ3n) is 5.12. The number of carbonyl (C=O) groups is 2. The summed E-state index contributed by atoms with van der Waals surface area (Å²) in [6.45, 7) is 0.310. The summed E-state index contributed by atoms with van der Waals surface area (Å²) in [5, 5.41) is 4.36. The van der Waals surface area contributed by atoms with Crippen LogP contribution in [0.4, 0.5) is 11.4 Å². The number of nitrogens with zero attached hydrogens (tertiary/aromatic N) is 2. The minimum Gasteiger partial charge on any atom is -0.303 e. The Kier molecular flexibility index (Phi) is 5.51. The number of halogens is 2. The van der Waals surface area contributed by atoms with E-state index in [1.807, 2.05) is 42.5 Å². The van der Waals surface area contributed by atoms with Crippen LogP contribution in [0.25, 0.3) is 5.57 Å². The number of nitrogens with one attached hydrogen (secondary N) is 1. The van der Waals surface area contributed by atoms with Crippen molar-refractivity contribution in [2.75, 3.05) is 4.90 Å². The summed E-state index contributed by atoms with van der Waals surface area (Å²) in [4.78, 5) is 32.7. The van der Waals surface area contributed by atoms with E-state index in [9.17, 15) is 9.59 Å². The summed E-state index contributed by atoms with van der Waals surface area (Å²) in [6.07, 6.45) is 0. The van der Waals surface area contributed by atoms with Crippen molar-refractivity contribution in [2.24, 2.45) is 4.99 Å². The van der Waals surface area contributed by atoms with Crippen LogP contribution in [0.1, 0.15) is 11.1 Å². The van der Waals surface area contributed by atoms with Gasteiger partial charge in [0.25, 0.3) is 11.8 Å². The maximum atomic E-state index is 13.5. The largest absolute Gasteiger partial charge is 0.303 e. The third-order valence-corrected chi connectivity index (χ3v) is 6.72. The fourth-order valence-corrected chi connectivity index (χ4v) is 4.88. The lowest BCUT2D eigenvalue weighted by atomic mass is 10.1. The maximum absolute atomic E-state index is 13.5. The molecule has 2 aliphatic rings. The first-order valence-corrected chi connectivity index (χ1v) is 11.3. The summed E-state index contributed by atoms with van der Waals surface area (Å²) < 4.78 is 0. The second-order valence-corrected chi connectivity index (χ2v) is 9.00. The zero-order valence-electron chi connectivity index (χ0n) is 16.5. The van der Waals surface area contributed by atoms with Gasteiger partial charge in [-0.15, -0.1) is 0 Å². The Balaban J connectivity index is 1.53. The summed E-state index contributed by atoms with van der Waals surface area (Å²) in [5.74, 6) is -0.586. The molecular formula is C24H15Cl2N3O2S. The van der Waals surface area contributed by atoms with Crippen LogP contribution < -0.4 is 10.2 Å². The van der Waals surface area contributed by atoms with Gasteiger partial charge in [0.15, 0.2) is 5.17 Å². The molecule has 158 valence electrons. The van der Waals surface area contributed by atoms with E-state index in [0.717, 1.165) is 28.6 Å². The molecule has 1 fully saturated rings. The average Bonchev–Trinajstić information content (AvgIpc) is 3.27. The Morgan fingerprint density at radius 3 is 2.41 bits per heavy atom. The normalized spacial score (nSPS) is 18.9. The second-order valence-electron chi connectivity index (χ2n) is 7.15. The number of carbonyl (C=O) groups excluding carboxylic acids is 2.